The van der Waals surface area contributed by atoms with E-state index < -0.39 is 11.7 Å². The van der Waals surface area contributed by atoms with Crippen molar-refractivity contribution in [3.63, 3.8) is 0 Å². The van der Waals surface area contributed by atoms with Crippen LogP contribution in [0.2, 0.25) is 0 Å². The number of hydrogen-bond donors (Lipinski definition) is 1. The highest BCUT2D eigenvalue weighted by molar-refractivity contribution is 6.00. The number of hydrogen-bond acceptors (Lipinski definition) is 5. The van der Waals surface area contributed by atoms with Gasteiger partial charge in [0.25, 0.3) is 11.8 Å². The van der Waals surface area contributed by atoms with Crippen LogP contribution >= 0.6 is 0 Å². The molecule has 4 aromatic rings. The Balaban J connectivity index is 1.31. The molecule has 1 unspecified atom stereocenters. The van der Waals surface area contributed by atoms with Crippen LogP contribution in [-0.2, 0) is 17.5 Å². The van der Waals surface area contributed by atoms with Gasteiger partial charge in [0, 0.05) is 60.9 Å². The maximum Gasteiger partial charge on any atom is 0.417 e. The number of pyridine rings is 1. The highest BCUT2D eigenvalue weighted by Gasteiger charge is 2.31. The van der Waals surface area contributed by atoms with E-state index in [0.717, 1.165) is 48.0 Å². The molecule has 5 rings (SSSR count). The number of amides is 2. The van der Waals surface area contributed by atoms with E-state index in [4.69, 9.17) is 9.84 Å². The van der Waals surface area contributed by atoms with Crippen LogP contribution in [0.1, 0.15) is 51.1 Å². The molecule has 2 amide bonds. The van der Waals surface area contributed by atoms with Gasteiger partial charge >= 0.3 is 6.18 Å². The molecule has 2 aromatic carbocycles. The SMILES string of the molecule is COCCNC(=O)c1ccc2nn(CC3CCCCN3C(=O)c3ccc(-c4cncc(C(F)(F)F)c4)cc3)cc2c1C. The Morgan fingerprint density at radius 3 is 2.60 bits per heavy atom. The molecule has 1 aliphatic heterocycles. The van der Waals surface area contributed by atoms with Crippen molar-refractivity contribution in [2.45, 2.75) is 44.9 Å². The summed E-state index contributed by atoms with van der Waals surface area (Å²) in [4.78, 5) is 31.8. The lowest BCUT2D eigenvalue weighted by Gasteiger charge is -2.35. The Bertz CT molecular complexity index is 1580. The third-order valence-corrected chi connectivity index (χ3v) is 7.66. The molecule has 0 saturated carbocycles. The molecule has 1 saturated heterocycles. The van der Waals surface area contributed by atoms with Crippen LogP contribution in [0.15, 0.2) is 61.1 Å². The van der Waals surface area contributed by atoms with Gasteiger partial charge in [-0.15, -0.1) is 0 Å². The lowest BCUT2D eigenvalue weighted by atomic mass is 9.99. The van der Waals surface area contributed by atoms with Crippen molar-refractivity contribution >= 4 is 22.7 Å². The van der Waals surface area contributed by atoms with Crippen LogP contribution in [0, 0.1) is 6.92 Å². The molecule has 1 fully saturated rings. The molecule has 0 bridgehead atoms. The summed E-state index contributed by atoms with van der Waals surface area (Å²) in [5.41, 5.74) is 2.71. The normalized spacial score (nSPS) is 15.6. The number of methoxy groups -OCH3 is 1. The molecule has 1 atom stereocenters. The van der Waals surface area contributed by atoms with Crippen molar-refractivity contribution in [1.82, 2.24) is 25.0 Å². The van der Waals surface area contributed by atoms with Gasteiger partial charge in [-0.25, -0.2) is 0 Å². The molecule has 0 radical (unpaired) electrons. The van der Waals surface area contributed by atoms with Crippen molar-refractivity contribution in [3.05, 3.63) is 83.3 Å². The summed E-state index contributed by atoms with van der Waals surface area (Å²) in [5, 5.41) is 8.45. The third-order valence-electron chi connectivity index (χ3n) is 7.66. The lowest BCUT2D eigenvalue weighted by molar-refractivity contribution is -0.137. The van der Waals surface area contributed by atoms with E-state index in [1.807, 2.05) is 28.8 Å². The number of carbonyl (C=O) groups is 2. The molecule has 2 aromatic heterocycles. The first-order valence-corrected chi connectivity index (χ1v) is 13.8. The zero-order chi connectivity index (χ0) is 29.9. The van der Waals surface area contributed by atoms with E-state index in [2.05, 4.69) is 10.3 Å². The zero-order valence-corrected chi connectivity index (χ0v) is 23.4. The summed E-state index contributed by atoms with van der Waals surface area (Å²) in [6.45, 7) is 3.86. The van der Waals surface area contributed by atoms with Gasteiger partial charge in [-0.1, -0.05) is 12.1 Å². The lowest BCUT2D eigenvalue weighted by Crippen LogP contribution is -2.45. The number of halogens is 3. The van der Waals surface area contributed by atoms with Crippen molar-refractivity contribution in [2.75, 3.05) is 26.8 Å². The molecule has 0 spiro atoms. The molecule has 0 aliphatic carbocycles. The number of nitrogens with one attached hydrogen (secondary N) is 1. The van der Waals surface area contributed by atoms with Gasteiger partial charge < -0.3 is 15.0 Å². The minimum Gasteiger partial charge on any atom is -0.383 e. The highest BCUT2D eigenvalue weighted by atomic mass is 19.4. The van der Waals surface area contributed by atoms with E-state index in [9.17, 15) is 22.8 Å². The van der Waals surface area contributed by atoms with E-state index in [0.29, 0.717) is 48.5 Å². The molecule has 42 heavy (non-hydrogen) atoms. The van der Waals surface area contributed by atoms with Gasteiger partial charge in [0.2, 0.25) is 0 Å². The van der Waals surface area contributed by atoms with Crippen molar-refractivity contribution in [3.8, 4) is 11.1 Å². The summed E-state index contributed by atoms with van der Waals surface area (Å²) >= 11 is 0. The number of piperidine rings is 1. The Morgan fingerprint density at radius 2 is 1.86 bits per heavy atom. The number of aryl methyl sites for hydroxylation is 1. The molecule has 1 aliphatic rings. The Labute approximate surface area is 241 Å². The van der Waals surface area contributed by atoms with Crippen LogP contribution in [0.3, 0.4) is 0 Å². The monoisotopic (exact) mass is 579 g/mol. The largest absolute Gasteiger partial charge is 0.417 e. The van der Waals surface area contributed by atoms with E-state index >= 15 is 0 Å². The minimum atomic E-state index is -4.48. The van der Waals surface area contributed by atoms with E-state index in [1.54, 1.807) is 37.4 Å². The molecular formula is C31H32F3N5O3. The average molecular weight is 580 g/mol. The Morgan fingerprint density at radius 1 is 1.07 bits per heavy atom. The number of carbonyl (C=O) groups excluding carboxylic acids is 2. The van der Waals surface area contributed by atoms with Crippen molar-refractivity contribution in [1.29, 1.82) is 0 Å². The standard InChI is InChI=1S/C31H32F3N5O3/c1-20-26(29(40)36-12-14-42-2)10-11-28-27(20)19-38(37-28)18-25-5-3-4-13-39(25)30(41)22-8-6-21(7-9-22)23-15-24(17-35-16-23)31(32,33)34/h6-11,15-17,19,25H,3-5,12-14,18H2,1-2H3,(H,36,40). The van der Waals surface area contributed by atoms with Gasteiger partial charge in [0.15, 0.2) is 0 Å². The molecular weight excluding hydrogens is 547 g/mol. The summed E-state index contributed by atoms with van der Waals surface area (Å²) < 4.78 is 46.2. The summed E-state index contributed by atoms with van der Waals surface area (Å²) in [5.74, 6) is -0.296. The predicted molar refractivity (Wildman–Crippen MR) is 152 cm³/mol. The smallest absolute Gasteiger partial charge is 0.383 e. The third kappa shape index (κ3) is 6.30. The van der Waals surface area contributed by atoms with Gasteiger partial charge in [0.05, 0.1) is 30.3 Å². The fraction of sp³-hybridized carbons (Fsp3) is 0.355. The van der Waals surface area contributed by atoms with Crippen LogP contribution in [0.25, 0.3) is 22.0 Å². The fourth-order valence-electron chi connectivity index (χ4n) is 5.38. The van der Waals surface area contributed by atoms with E-state index in [1.165, 1.54) is 6.20 Å². The number of nitrogens with zero attached hydrogens (tertiary/aromatic N) is 4. The van der Waals surface area contributed by atoms with Crippen LogP contribution in [0.5, 0.6) is 0 Å². The highest BCUT2D eigenvalue weighted by Crippen LogP contribution is 2.32. The maximum atomic E-state index is 13.6. The van der Waals surface area contributed by atoms with Gasteiger partial charge in [-0.3, -0.25) is 19.3 Å². The maximum absolute atomic E-state index is 13.6. The second-order valence-electron chi connectivity index (χ2n) is 10.5. The van der Waals surface area contributed by atoms with Crippen LogP contribution < -0.4 is 5.32 Å². The number of likely N-dealkylation sites (tertiary alicyclic amines) is 1. The predicted octanol–water partition coefficient (Wildman–Crippen LogP) is 5.50. The van der Waals surface area contributed by atoms with Crippen molar-refractivity contribution in [2.24, 2.45) is 0 Å². The molecule has 220 valence electrons. The fourth-order valence-corrected chi connectivity index (χ4v) is 5.38. The number of benzene rings is 2. The first-order chi connectivity index (χ1) is 20.2. The minimum absolute atomic E-state index is 0.0787. The summed E-state index contributed by atoms with van der Waals surface area (Å²) in [7, 11) is 1.58. The summed E-state index contributed by atoms with van der Waals surface area (Å²) in [6, 6.07) is 11.2. The van der Waals surface area contributed by atoms with Crippen LogP contribution in [0.4, 0.5) is 13.2 Å². The quantitative estimate of drug-likeness (QED) is 0.279. The topological polar surface area (TPSA) is 89.4 Å². The van der Waals surface area contributed by atoms with Crippen LogP contribution in [-0.4, -0.2) is 64.3 Å². The van der Waals surface area contributed by atoms with Crippen molar-refractivity contribution < 1.29 is 27.5 Å². The first kappa shape index (κ1) is 29.2. The van der Waals surface area contributed by atoms with E-state index in [-0.39, 0.29) is 17.9 Å². The Kier molecular flexibility index (Phi) is 8.58. The molecule has 3 heterocycles. The Hall–Kier alpha value is -4.25. The van der Waals surface area contributed by atoms with Gasteiger partial charge in [-0.2, -0.15) is 18.3 Å². The number of rotatable bonds is 8. The second-order valence-corrected chi connectivity index (χ2v) is 10.5. The number of alkyl halides is 3. The number of fused-ring (bicyclic) bond motifs is 1. The average Bonchev–Trinajstić information content (AvgIpc) is 3.40. The number of aromatic nitrogens is 3. The molecule has 1 N–H and O–H groups in total. The molecule has 8 nitrogen and oxygen atoms in total. The first-order valence-electron chi connectivity index (χ1n) is 13.8. The second kappa shape index (κ2) is 12.3. The van der Waals surface area contributed by atoms with Gasteiger partial charge in [0.1, 0.15) is 0 Å². The van der Waals surface area contributed by atoms with Gasteiger partial charge in [-0.05, 0) is 67.6 Å². The summed E-state index contributed by atoms with van der Waals surface area (Å²) in [6.07, 6.45) is 2.30. The zero-order valence-electron chi connectivity index (χ0n) is 23.4. The molecule has 11 heteroatoms. The number of ether oxygens (including phenoxy) is 1.